The summed E-state index contributed by atoms with van der Waals surface area (Å²) in [5, 5.41) is 21.7. The van der Waals surface area contributed by atoms with Crippen LogP contribution in [0.15, 0.2) is 67.5 Å². The van der Waals surface area contributed by atoms with Gasteiger partial charge in [-0.15, -0.1) is 0 Å². The summed E-state index contributed by atoms with van der Waals surface area (Å²) in [6.45, 7) is 9.72. The van der Waals surface area contributed by atoms with Crippen molar-refractivity contribution >= 4 is 70.6 Å². The van der Waals surface area contributed by atoms with E-state index in [9.17, 15) is 38.0 Å². The molecule has 10 atom stereocenters. The number of hydrogen-bond acceptors (Lipinski definition) is 18. The lowest BCUT2D eigenvalue weighted by Gasteiger charge is -2.40. The molecule has 588 valence electrons. The fourth-order valence-electron chi connectivity index (χ4n) is 14.9. The molecule has 0 bridgehead atoms. The average molecular weight is 1520 g/mol. The lowest BCUT2D eigenvalue weighted by molar-refractivity contribution is -0.145. The van der Waals surface area contributed by atoms with E-state index in [4.69, 9.17) is 9.47 Å². The van der Waals surface area contributed by atoms with Gasteiger partial charge < -0.3 is 61.8 Å². The summed E-state index contributed by atoms with van der Waals surface area (Å²) in [6, 6.07) is -8.36. The molecule has 4 aliphatic carbocycles. The van der Waals surface area contributed by atoms with Crippen LogP contribution in [0.4, 0.5) is 17.6 Å². The minimum Gasteiger partial charge on any atom is -0.485 e. The highest BCUT2D eigenvalue weighted by atomic mass is 19.2. The smallest absolute Gasteiger partial charge is 0.289 e. The molecule has 0 radical (unpaired) electrons. The highest BCUT2D eigenvalue weighted by Crippen LogP contribution is 2.40. The Kier molecular flexibility index (Phi) is 26.9. The number of carbonyl (C=O) groups is 12. The fraction of sp³-hybridized carbons (Fsp3) is 0.584. The van der Waals surface area contributed by atoms with Gasteiger partial charge in [-0.05, 0) is 99.7 Å². The molecule has 8 N–H and O–H groups in total. The van der Waals surface area contributed by atoms with Crippen molar-refractivity contribution in [1.29, 1.82) is 0 Å². The van der Waals surface area contributed by atoms with Crippen LogP contribution in [0.3, 0.4) is 0 Å². The molecular weight excluding hydrogens is 1420 g/mol. The topological polar surface area (TPSA) is 378 Å². The Balaban J connectivity index is 1.02. The van der Waals surface area contributed by atoms with Crippen LogP contribution in [0.5, 0.6) is 11.5 Å². The Morgan fingerprint density at radius 2 is 0.963 bits per heavy atom. The van der Waals surface area contributed by atoms with Crippen molar-refractivity contribution in [3.63, 3.8) is 0 Å². The first-order valence-electron chi connectivity index (χ1n) is 37.9. The minimum absolute atomic E-state index is 0.0156. The minimum atomic E-state index is -2.21. The molecule has 2 saturated heterocycles. The van der Waals surface area contributed by atoms with Crippen molar-refractivity contribution in [1.82, 2.24) is 72.3 Å². The molecule has 6 fully saturated rings. The van der Waals surface area contributed by atoms with E-state index >= 15 is 37.1 Å². The van der Waals surface area contributed by atoms with Gasteiger partial charge in [0.05, 0.1) is 37.6 Å². The van der Waals surface area contributed by atoms with Crippen molar-refractivity contribution in [3.8, 4) is 11.5 Å². The van der Waals surface area contributed by atoms with E-state index in [0.29, 0.717) is 76.7 Å². The van der Waals surface area contributed by atoms with Gasteiger partial charge in [0.25, 0.3) is 23.6 Å². The second-order valence-corrected chi connectivity index (χ2v) is 31.1. The Hall–Kier alpha value is -10.0. The summed E-state index contributed by atoms with van der Waals surface area (Å²) in [5.74, 6) is -18.8. The lowest BCUT2D eigenvalue weighted by atomic mass is 9.75. The summed E-state index contributed by atoms with van der Waals surface area (Å²) in [5.41, 5.74) is -4.29. The van der Waals surface area contributed by atoms with Crippen molar-refractivity contribution in [2.75, 3.05) is 13.1 Å². The molecule has 2 aromatic heterocycles. The number of amides is 10. The number of ketones is 2. The van der Waals surface area contributed by atoms with Crippen LogP contribution in [-0.2, 0) is 53.4 Å². The predicted molar refractivity (Wildman–Crippen MR) is 384 cm³/mol. The highest BCUT2D eigenvalue weighted by molar-refractivity contribution is 6.39. The zero-order chi connectivity index (χ0) is 78.6. The Bertz CT molecular complexity index is 4020. The van der Waals surface area contributed by atoms with Gasteiger partial charge in [-0.1, -0.05) is 106 Å². The SMILES string of the molecule is CCC[C@H](NC(=O)C1C[C@@H](Oc2cc(F)cc(C(C)(C)[C@H](NC(=O)[C@@H](NC(=O)c3cnccn3)C3CCCCC3)C(=O)N3C[C@H](Oc4cccc(F)c4F)CC3C(=O)N[C@@H](CCC)C(=O)C(=O)NC3CC3)c2F)CN1C(=O)[C@@H](NC(=O)[C@@H](NC(=O)c1cnccn1)C1CCCCC1)C(C)(C)C)C(=O)C(=O)NC1CC1. The monoisotopic (exact) mass is 1520 g/mol. The quantitative estimate of drug-likeness (QED) is 0.0220. The van der Waals surface area contributed by atoms with Crippen LogP contribution in [0.25, 0.3) is 0 Å². The van der Waals surface area contributed by atoms with Gasteiger partial charge in [-0.25, -0.2) is 23.1 Å². The van der Waals surface area contributed by atoms with Gasteiger partial charge >= 0.3 is 0 Å². The molecule has 2 unspecified atom stereocenters. The number of nitrogens with zero attached hydrogens (tertiary/aromatic N) is 6. The molecule has 10 amide bonds. The number of benzene rings is 2. The van der Waals surface area contributed by atoms with E-state index in [0.717, 1.165) is 59.7 Å². The lowest BCUT2D eigenvalue weighted by Crippen LogP contribution is -2.63. The van der Waals surface area contributed by atoms with Crippen LogP contribution >= 0.6 is 0 Å². The third-order valence-electron chi connectivity index (χ3n) is 21.2. The molecule has 2 aliphatic heterocycles. The van der Waals surface area contributed by atoms with Crippen LogP contribution in [0.2, 0.25) is 0 Å². The summed E-state index contributed by atoms with van der Waals surface area (Å²) < 4.78 is 78.3. The predicted octanol–water partition coefficient (Wildman–Crippen LogP) is 5.54. The van der Waals surface area contributed by atoms with E-state index in [1.807, 2.05) is 0 Å². The number of likely N-dealkylation sites (tertiary alicyclic amines) is 2. The molecule has 4 heterocycles. The summed E-state index contributed by atoms with van der Waals surface area (Å²) in [7, 11) is 0. The van der Waals surface area contributed by atoms with Crippen molar-refractivity contribution in [2.24, 2.45) is 17.3 Å². The van der Waals surface area contributed by atoms with Crippen molar-refractivity contribution in [3.05, 3.63) is 108 Å². The summed E-state index contributed by atoms with van der Waals surface area (Å²) in [4.78, 5) is 193. The van der Waals surface area contributed by atoms with Crippen LogP contribution in [-0.4, -0.2) is 186 Å². The second kappa shape index (κ2) is 36.0. The number of rotatable bonds is 32. The number of Topliss-reactive ketones (excluding diaryl/α,β-unsaturated/α-hetero) is 2. The molecule has 4 aromatic rings. The van der Waals surface area contributed by atoms with Crippen molar-refractivity contribution in [2.45, 2.75) is 255 Å². The first-order valence-corrected chi connectivity index (χ1v) is 37.9. The number of hydrogen-bond donors (Lipinski definition) is 8. The van der Waals surface area contributed by atoms with E-state index < -0.39 is 214 Å². The Morgan fingerprint density at radius 1 is 0.523 bits per heavy atom. The molecule has 6 aliphatic rings. The van der Waals surface area contributed by atoms with E-state index in [1.165, 1.54) is 51.0 Å². The van der Waals surface area contributed by atoms with E-state index in [1.54, 1.807) is 34.6 Å². The molecule has 28 nitrogen and oxygen atoms in total. The first kappa shape index (κ1) is 81.5. The van der Waals surface area contributed by atoms with Crippen LogP contribution in [0, 0.1) is 40.5 Å². The van der Waals surface area contributed by atoms with E-state index in [-0.39, 0.29) is 48.7 Å². The molecule has 10 rings (SSSR count). The van der Waals surface area contributed by atoms with Crippen LogP contribution in [0.1, 0.15) is 203 Å². The summed E-state index contributed by atoms with van der Waals surface area (Å²) >= 11 is 0. The van der Waals surface area contributed by atoms with Gasteiger partial charge in [0.2, 0.25) is 52.8 Å². The van der Waals surface area contributed by atoms with Gasteiger partial charge in [0.1, 0.15) is 65.7 Å². The number of aromatic nitrogens is 4. The second-order valence-electron chi connectivity index (χ2n) is 31.1. The first-order chi connectivity index (χ1) is 51.9. The average Bonchev–Trinajstić information content (AvgIpc) is 1.75. The Labute approximate surface area is 629 Å². The van der Waals surface area contributed by atoms with Gasteiger partial charge in [0, 0.05) is 66.8 Å². The third-order valence-corrected chi connectivity index (χ3v) is 21.2. The maximum atomic E-state index is 18.5. The molecular formula is C77H98F4N14O14. The van der Waals surface area contributed by atoms with E-state index in [2.05, 4.69) is 62.5 Å². The van der Waals surface area contributed by atoms with Gasteiger partial charge in [-0.3, -0.25) is 67.5 Å². The number of halogens is 4. The maximum absolute atomic E-state index is 18.5. The zero-order valence-corrected chi connectivity index (χ0v) is 62.4. The molecule has 32 heteroatoms. The van der Waals surface area contributed by atoms with Crippen LogP contribution < -0.4 is 52.0 Å². The number of carbonyl (C=O) groups excluding carboxylic acids is 12. The Morgan fingerprint density at radius 3 is 1.39 bits per heavy atom. The highest BCUT2D eigenvalue weighted by Gasteiger charge is 2.52. The number of ether oxygens (including phenoxy) is 2. The van der Waals surface area contributed by atoms with Gasteiger partial charge in [0.15, 0.2) is 23.1 Å². The van der Waals surface area contributed by atoms with Crippen molar-refractivity contribution < 1.29 is 84.6 Å². The molecule has 109 heavy (non-hydrogen) atoms. The van der Waals surface area contributed by atoms with Gasteiger partial charge in [-0.2, -0.15) is 4.39 Å². The molecule has 0 spiro atoms. The summed E-state index contributed by atoms with van der Waals surface area (Å²) in [6.07, 6.45) is 13.3. The maximum Gasteiger partial charge on any atom is 0.289 e. The standard InChI is InChI=1S/C77H98F4N14O14/c1-8-17-50(62(96)72(104)86-44-25-26-44)88-68(100)54-36-47(40-94(54)74(106)64(76(3,4)5)92-70(102)60(41-19-12-10-13-20-41)90-66(98)52-37-82-29-31-84-52)109-57-34-43(78)33-48(58(57)80)77(6,7)65(93-71(103)61(42-21-14-11-15-22-42)91-67(99)53-38-83-30-32-85-53)75(107)95-39-46(108-56-24-16-23-49(79)59(56)81)35-55(95)69(101)89-51(18-9-2)63(97)73(105)87-45-27-28-45/h16,23-24,29-34,37-38,41-42,44-47,50-51,54-55,60-61,64-65H,8-15,17-22,25-28,35-36,39-40H2,1-7H3,(H,86,104)(H,87,105)(H,88,100)(H,89,101)(H,90,98)(H,91,99)(H,92,102)(H,93,103)/t46-,47-,50+,51+,54?,55?,60+,61+,64-,65-/m1/s1. The molecule has 4 saturated carbocycles. The zero-order valence-electron chi connectivity index (χ0n) is 62.4. The fourth-order valence-corrected chi connectivity index (χ4v) is 14.9. The normalized spacial score (nSPS) is 20.7. The molecule has 2 aromatic carbocycles. The largest absolute Gasteiger partial charge is 0.485 e. The third kappa shape index (κ3) is 20.5. The number of nitrogens with one attached hydrogen (secondary N) is 8.